The number of hydrogen-bond donors (Lipinski definition) is 1. The molecule has 100 valence electrons. The molecule has 0 spiro atoms. The van der Waals surface area contributed by atoms with Crippen molar-refractivity contribution in [3.05, 3.63) is 65.2 Å². The highest BCUT2D eigenvalue weighted by molar-refractivity contribution is 5.28. The Morgan fingerprint density at radius 2 is 1.74 bits per heavy atom. The first-order chi connectivity index (χ1) is 9.06. The van der Waals surface area contributed by atoms with Gasteiger partial charge < -0.3 is 9.84 Å². The molecule has 2 aromatic rings. The zero-order valence-corrected chi connectivity index (χ0v) is 10.4. The van der Waals surface area contributed by atoms with Crippen LogP contribution in [-0.2, 0) is 6.61 Å². The van der Waals surface area contributed by atoms with Crippen molar-refractivity contribution < 1.29 is 18.6 Å². The summed E-state index contributed by atoms with van der Waals surface area (Å²) in [5.74, 6) is -1.15. The lowest BCUT2D eigenvalue weighted by Crippen LogP contribution is -1.98. The molecule has 0 heterocycles. The molecule has 0 aliphatic rings. The summed E-state index contributed by atoms with van der Waals surface area (Å²) in [4.78, 5) is 0. The average Bonchev–Trinajstić information content (AvgIpc) is 2.40. The van der Waals surface area contributed by atoms with E-state index >= 15 is 0 Å². The SMILES string of the molecule is CC(O)c1ccc(OCc2ccc(F)c(F)c2)cc1. The predicted molar refractivity (Wildman–Crippen MR) is 67.8 cm³/mol. The fourth-order valence-electron chi connectivity index (χ4n) is 1.64. The van der Waals surface area contributed by atoms with Crippen LogP contribution in [0.4, 0.5) is 8.78 Å². The van der Waals surface area contributed by atoms with Crippen molar-refractivity contribution in [1.29, 1.82) is 0 Å². The third-order valence-electron chi connectivity index (χ3n) is 2.75. The van der Waals surface area contributed by atoms with Crippen LogP contribution in [0.2, 0.25) is 0 Å². The minimum absolute atomic E-state index is 0.158. The summed E-state index contributed by atoms with van der Waals surface area (Å²) in [6, 6.07) is 10.6. The van der Waals surface area contributed by atoms with E-state index in [1.165, 1.54) is 6.07 Å². The smallest absolute Gasteiger partial charge is 0.159 e. The molecule has 0 amide bonds. The molecule has 1 N–H and O–H groups in total. The molecule has 0 radical (unpaired) electrons. The van der Waals surface area contributed by atoms with Crippen LogP contribution in [0.15, 0.2) is 42.5 Å². The summed E-state index contributed by atoms with van der Waals surface area (Å²) in [7, 11) is 0. The van der Waals surface area contributed by atoms with Crippen LogP contribution >= 0.6 is 0 Å². The Morgan fingerprint density at radius 3 is 2.32 bits per heavy atom. The first-order valence-corrected chi connectivity index (χ1v) is 5.91. The van der Waals surface area contributed by atoms with Crippen molar-refractivity contribution >= 4 is 0 Å². The first-order valence-electron chi connectivity index (χ1n) is 5.91. The zero-order chi connectivity index (χ0) is 13.8. The maximum atomic E-state index is 13.0. The molecule has 0 saturated heterocycles. The molecular formula is C15H14F2O2. The Kier molecular flexibility index (Phi) is 4.12. The number of halogens is 2. The molecule has 1 atom stereocenters. The molecule has 0 aromatic heterocycles. The van der Waals surface area contributed by atoms with Gasteiger partial charge in [0.2, 0.25) is 0 Å². The average molecular weight is 264 g/mol. The van der Waals surface area contributed by atoms with Crippen molar-refractivity contribution in [2.24, 2.45) is 0 Å². The number of aliphatic hydroxyl groups excluding tert-OH is 1. The number of hydrogen-bond acceptors (Lipinski definition) is 2. The lowest BCUT2D eigenvalue weighted by atomic mass is 10.1. The van der Waals surface area contributed by atoms with Crippen LogP contribution < -0.4 is 4.74 Å². The molecule has 0 aliphatic carbocycles. The summed E-state index contributed by atoms with van der Waals surface area (Å²) in [5, 5.41) is 9.36. The van der Waals surface area contributed by atoms with Crippen LogP contribution in [0, 0.1) is 11.6 Å². The molecule has 0 bridgehead atoms. The van der Waals surface area contributed by atoms with E-state index in [0.717, 1.165) is 17.7 Å². The van der Waals surface area contributed by atoms with Crippen LogP contribution in [0.3, 0.4) is 0 Å². The molecule has 1 unspecified atom stereocenters. The minimum atomic E-state index is -0.884. The van der Waals surface area contributed by atoms with E-state index < -0.39 is 17.7 Å². The van der Waals surface area contributed by atoms with Gasteiger partial charge in [-0.2, -0.15) is 0 Å². The standard InChI is InChI=1S/C15H14F2O2/c1-10(18)12-3-5-13(6-4-12)19-9-11-2-7-14(16)15(17)8-11/h2-8,10,18H,9H2,1H3. The summed E-state index contributed by atoms with van der Waals surface area (Å²) < 4.78 is 31.2. The second-order valence-corrected chi connectivity index (χ2v) is 4.28. The summed E-state index contributed by atoms with van der Waals surface area (Å²) in [6.07, 6.45) is -0.528. The minimum Gasteiger partial charge on any atom is -0.489 e. The maximum absolute atomic E-state index is 13.0. The predicted octanol–water partition coefficient (Wildman–Crippen LogP) is 3.60. The Morgan fingerprint density at radius 1 is 1.05 bits per heavy atom. The molecule has 0 saturated carbocycles. The van der Waals surface area contributed by atoms with E-state index in [4.69, 9.17) is 4.74 Å². The van der Waals surface area contributed by atoms with E-state index in [9.17, 15) is 13.9 Å². The second kappa shape index (κ2) is 5.80. The topological polar surface area (TPSA) is 29.5 Å². The van der Waals surface area contributed by atoms with Gasteiger partial charge in [0.25, 0.3) is 0 Å². The van der Waals surface area contributed by atoms with Gasteiger partial charge in [-0.15, -0.1) is 0 Å². The monoisotopic (exact) mass is 264 g/mol. The lowest BCUT2D eigenvalue weighted by molar-refractivity contribution is 0.199. The molecule has 0 aliphatic heterocycles. The summed E-state index contributed by atoms with van der Waals surface area (Å²) >= 11 is 0. The van der Waals surface area contributed by atoms with Crippen LogP contribution in [0.5, 0.6) is 5.75 Å². The molecule has 19 heavy (non-hydrogen) atoms. The third kappa shape index (κ3) is 3.51. The number of ether oxygens (including phenoxy) is 1. The van der Waals surface area contributed by atoms with Crippen molar-refractivity contribution in [2.45, 2.75) is 19.6 Å². The molecule has 2 nitrogen and oxygen atoms in total. The summed E-state index contributed by atoms with van der Waals surface area (Å²) in [6.45, 7) is 1.84. The number of benzene rings is 2. The van der Waals surface area contributed by atoms with Crippen molar-refractivity contribution in [3.63, 3.8) is 0 Å². The van der Waals surface area contributed by atoms with Crippen molar-refractivity contribution in [3.8, 4) is 5.75 Å². The fourth-order valence-corrected chi connectivity index (χ4v) is 1.64. The van der Waals surface area contributed by atoms with E-state index in [1.54, 1.807) is 31.2 Å². The Hall–Kier alpha value is -1.94. The van der Waals surface area contributed by atoms with Crippen LogP contribution in [0.25, 0.3) is 0 Å². The van der Waals surface area contributed by atoms with Gasteiger partial charge in [-0.1, -0.05) is 18.2 Å². The maximum Gasteiger partial charge on any atom is 0.159 e. The zero-order valence-electron chi connectivity index (χ0n) is 10.4. The van der Waals surface area contributed by atoms with E-state index in [1.807, 2.05) is 0 Å². The molecular weight excluding hydrogens is 250 g/mol. The highest BCUT2D eigenvalue weighted by Gasteiger charge is 2.04. The Balaban J connectivity index is 2.00. The number of rotatable bonds is 4. The number of aliphatic hydroxyl groups is 1. The second-order valence-electron chi connectivity index (χ2n) is 4.28. The van der Waals surface area contributed by atoms with Gasteiger partial charge in [-0.3, -0.25) is 0 Å². The quantitative estimate of drug-likeness (QED) is 0.914. The molecule has 2 rings (SSSR count). The largest absolute Gasteiger partial charge is 0.489 e. The first kappa shape index (κ1) is 13.5. The molecule has 2 aromatic carbocycles. The lowest BCUT2D eigenvalue weighted by Gasteiger charge is -2.09. The van der Waals surface area contributed by atoms with E-state index in [2.05, 4.69) is 0 Å². The van der Waals surface area contributed by atoms with Gasteiger partial charge in [0, 0.05) is 0 Å². The Labute approximate surface area is 110 Å². The fraction of sp³-hybridized carbons (Fsp3) is 0.200. The van der Waals surface area contributed by atoms with Gasteiger partial charge in [-0.05, 0) is 42.3 Å². The Bertz CT molecular complexity index is 551. The normalized spacial score (nSPS) is 12.2. The van der Waals surface area contributed by atoms with Gasteiger partial charge in [0.05, 0.1) is 6.10 Å². The van der Waals surface area contributed by atoms with Gasteiger partial charge in [0.15, 0.2) is 11.6 Å². The van der Waals surface area contributed by atoms with Gasteiger partial charge in [-0.25, -0.2) is 8.78 Å². The van der Waals surface area contributed by atoms with Crippen molar-refractivity contribution in [1.82, 2.24) is 0 Å². The highest BCUT2D eigenvalue weighted by Crippen LogP contribution is 2.18. The van der Waals surface area contributed by atoms with Crippen molar-refractivity contribution in [2.75, 3.05) is 0 Å². The molecule has 4 heteroatoms. The summed E-state index contributed by atoms with van der Waals surface area (Å²) in [5.41, 5.74) is 1.35. The van der Waals surface area contributed by atoms with Crippen LogP contribution in [0.1, 0.15) is 24.2 Å². The van der Waals surface area contributed by atoms with E-state index in [0.29, 0.717) is 11.3 Å². The third-order valence-corrected chi connectivity index (χ3v) is 2.75. The van der Waals surface area contributed by atoms with Gasteiger partial charge >= 0.3 is 0 Å². The van der Waals surface area contributed by atoms with Gasteiger partial charge in [0.1, 0.15) is 12.4 Å². The van der Waals surface area contributed by atoms with Crippen LogP contribution in [-0.4, -0.2) is 5.11 Å². The highest BCUT2D eigenvalue weighted by atomic mass is 19.2. The van der Waals surface area contributed by atoms with E-state index in [-0.39, 0.29) is 6.61 Å². The molecule has 0 fully saturated rings.